The highest BCUT2D eigenvalue weighted by Gasteiger charge is 2.15. The summed E-state index contributed by atoms with van der Waals surface area (Å²) in [5.74, 6) is 0. The van der Waals surface area contributed by atoms with Crippen molar-refractivity contribution in [2.75, 3.05) is 0 Å². The van der Waals surface area contributed by atoms with E-state index in [4.69, 9.17) is 5.10 Å². The first-order valence-electron chi connectivity index (χ1n) is 6.78. The minimum atomic E-state index is 0.907. The third kappa shape index (κ3) is 1.96. The fourth-order valence-electron chi connectivity index (χ4n) is 2.60. The zero-order valence-corrected chi connectivity index (χ0v) is 12.3. The molecule has 0 aliphatic rings. The fourth-order valence-corrected chi connectivity index (χ4v) is 3.34. The van der Waals surface area contributed by atoms with Crippen molar-refractivity contribution in [3.63, 3.8) is 0 Å². The van der Waals surface area contributed by atoms with Crippen LogP contribution in [0, 0.1) is 6.92 Å². The summed E-state index contributed by atoms with van der Waals surface area (Å²) in [5, 5.41) is 6.79. The summed E-state index contributed by atoms with van der Waals surface area (Å²) in [5.41, 5.74) is 5.25. The van der Waals surface area contributed by atoms with Crippen LogP contribution >= 0.6 is 11.3 Å². The molecule has 3 aromatic heterocycles. The minimum Gasteiger partial charge on any atom is -0.236 e. The first-order chi connectivity index (χ1) is 10.3. The summed E-state index contributed by atoms with van der Waals surface area (Å²) in [6.45, 7) is 2.04. The quantitative estimate of drug-likeness (QED) is 0.547. The molecule has 4 rings (SSSR count). The molecule has 4 heteroatoms. The SMILES string of the molecule is Cc1nn2c(-c3cccs3)ccnc2c1-c1ccccc1. The summed E-state index contributed by atoms with van der Waals surface area (Å²) < 4.78 is 1.95. The van der Waals surface area contributed by atoms with Gasteiger partial charge in [-0.05, 0) is 30.0 Å². The van der Waals surface area contributed by atoms with Gasteiger partial charge < -0.3 is 0 Å². The Morgan fingerprint density at radius 1 is 1.00 bits per heavy atom. The van der Waals surface area contributed by atoms with Crippen LogP contribution in [-0.4, -0.2) is 14.6 Å². The average Bonchev–Trinajstić information content (AvgIpc) is 3.14. The number of aromatic nitrogens is 3. The lowest BCUT2D eigenvalue weighted by Gasteiger charge is -2.02. The van der Waals surface area contributed by atoms with Crippen LogP contribution in [0.15, 0.2) is 60.1 Å². The van der Waals surface area contributed by atoms with E-state index in [1.165, 1.54) is 4.88 Å². The van der Waals surface area contributed by atoms with Gasteiger partial charge in [0.25, 0.3) is 0 Å². The Labute approximate surface area is 126 Å². The number of thiophene rings is 1. The molecule has 0 N–H and O–H groups in total. The lowest BCUT2D eigenvalue weighted by molar-refractivity contribution is 0.927. The Kier molecular flexibility index (Phi) is 2.82. The van der Waals surface area contributed by atoms with E-state index in [0.717, 1.165) is 28.2 Å². The van der Waals surface area contributed by atoms with Crippen LogP contribution in [-0.2, 0) is 0 Å². The van der Waals surface area contributed by atoms with E-state index in [9.17, 15) is 0 Å². The number of hydrogen-bond donors (Lipinski definition) is 0. The van der Waals surface area contributed by atoms with E-state index in [1.807, 2.05) is 41.9 Å². The van der Waals surface area contributed by atoms with Gasteiger partial charge in [-0.15, -0.1) is 11.3 Å². The molecular weight excluding hydrogens is 278 g/mol. The van der Waals surface area contributed by atoms with Gasteiger partial charge in [0.2, 0.25) is 0 Å². The first-order valence-corrected chi connectivity index (χ1v) is 7.66. The first kappa shape index (κ1) is 12.3. The smallest absolute Gasteiger partial charge is 0.163 e. The highest BCUT2D eigenvalue weighted by molar-refractivity contribution is 7.13. The molecule has 0 aliphatic carbocycles. The molecule has 0 atom stereocenters. The predicted octanol–water partition coefficient (Wildman–Crippen LogP) is 4.43. The molecule has 0 radical (unpaired) electrons. The fraction of sp³-hybridized carbons (Fsp3) is 0.0588. The molecule has 3 nitrogen and oxygen atoms in total. The van der Waals surface area contributed by atoms with Crippen LogP contribution in [0.2, 0.25) is 0 Å². The van der Waals surface area contributed by atoms with E-state index in [1.54, 1.807) is 11.3 Å². The Hall–Kier alpha value is -2.46. The largest absolute Gasteiger partial charge is 0.236 e. The zero-order valence-electron chi connectivity index (χ0n) is 11.5. The van der Waals surface area contributed by atoms with Gasteiger partial charge in [0.05, 0.1) is 16.3 Å². The summed E-state index contributed by atoms with van der Waals surface area (Å²) >= 11 is 1.71. The van der Waals surface area contributed by atoms with Crippen LogP contribution in [0.25, 0.3) is 27.3 Å². The second kappa shape index (κ2) is 4.82. The summed E-state index contributed by atoms with van der Waals surface area (Å²) in [6.07, 6.45) is 1.86. The molecule has 1 aromatic carbocycles. The normalized spacial score (nSPS) is 11.1. The van der Waals surface area contributed by atoms with Crippen LogP contribution in [0.4, 0.5) is 0 Å². The van der Waals surface area contributed by atoms with Crippen LogP contribution < -0.4 is 0 Å². The van der Waals surface area contributed by atoms with Crippen molar-refractivity contribution >= 4 is 17.0 Å². The van der Waals surface area contributed by atoms with Gasteiger partial charge in [-0.3, -0.25) is 0 Å². The van der Waals surface area contributed by atoms with Crippen molar-refractivity contribution in [2.24, 2.45) is 0 Å². The van der Waals surface area contributed by atoms with Crippen LogP contribution in [0.1, 0.15) is 5.69 Å². The van der Waals surface area contributed by atoms with Gasteiger partial charge in [-0.2, -0.15) is 5.10 Å². The van der Waals surface area contributed by atoms with E-state index < -0.39 is 0 Å². The molecule has 0 bridgehead atoms. The maximum Gasteiger partial charge on any atom is 0.163 e. The predicted molar refractivity (Wildman–Crippen MR) is 86.5 cm³/mol. The molecule has 102 valence electrons. The van der Waals surface area contributed by atoms with Gasteiger partial charge in [0.15, 0.2) is 5.65 Å². The maximum absolute atomic E-state index is 4.71. The van der Waals surface area contributed by atoms with Gasteiger partial charge >= 0.3 is 0 Å². The van der Waals surface area contributed by atoms with Crippen molar-refractivity contribution in [2.45, 2.75) is 6.92 Å². The van der Waals surface area contributed by atoms with Crippen molar-refractivity contribution in [3.05, 3.63) is 65.8 Å². The van der Waals surface area contributed by atoms with Gasteiger partial charge in [-0.1, -0.05) is 36.4 Å². The number of hydrogen-bond acceptors (Lipinski definition) is 3. The van der Waals surface area contributed by atoms with Crippen molar-refractivity contribution in [3.8, 4) is 21.7 Å². The lowest BCUT2D eigenvalue weighted by Crippen LogP contribution is -1.94. The van der Waals surface area contributed by atoms with Crippen LogP contribution in [0.3, 0.4) is 0 Å². The second-order valence-corrected chi connectivity index (χ2v) is 5.82. The highest BCUT2D eigenvalue weighted by atomic mass is 32.1. The molecule has 21 heavy (non-hydrogen) atoms. The third-order valence-corrected chi connectivity index (χ3v) is 4.42. The second-order valence-electron chi connectivity index (χ2n) is 4.87. The minimum absolute atomic E-state index is 0.907. The highest BCUT2D eigenvalue weighted by Crippen LogP contribution is 2.31. The standard InChI is InChI=1S/C17H13N3S/c1-12-16(13-6-3-2-4-7-13)17-18-10-9-14(20(17)19-12)15-8-5-11-21-15/h2-11H,1H3. The van der Waals surface area contributed by atoms with Crippen molar-refractivity contribution < 1.29 is 0 Å². The van der Waals surface area contributed by atoms with Gasteiger partial charge in [0, 0.05) is 11.8 Å². The summed E-state index contributed by atoms with van der Waals surface area (Å²) in [6, 6.07) is 16.5. The molecule has 0 spiro atoms. The number of aryl methyl sites for hydroxylation is 1. The molecule has 0 amide bonds. The number of nitrogens with zero attached hydrogens (tertiary/aromatic N) is 3. The van der Waals surface area contributed by atoms with Crippen molar-refractivity contribution in [1.82, 2.24) is 14.6 Å². The molecule has 0 saturated carbocycles. The number of fused-ring (bicyclic) bond motifs is 1. The number of rotatable bonds is 2. The molecule has 0 saturated heterocycles. The molecule has 0 fully saturated rings. The topological polar surface area (TPSA) is 30.2 Å². The maximum atomic E-state index is 4.71. The average molecular weight is 291 g/mol. The lowest BCUT2D eigenvalue weighted by atomic mass is 10.1. The molecule has 4 aromatic rings. The Morgan fingerprint density at radius 2 is 1.86 bits per heavy atom. The van der Waals surface area contributed by atoms with E-state index >= 15 is 0 Å². The number of benzene rings is 1. The Morgan fingerprint density at radius 3 is 2.62 bits per heavy atom. The zero-order chi connectivity index (χ0) is 14.2. The van der Waals surface area contributed by atoms with E-state index in [-0.39, 0.29) is 0 Å². The molecular formula is C17H13N3S. The molecule has 0 aliphatic heterocycles. The van der Waals surface area contributed by atoms with E-state index in [2.05, 4.69) is 34.6 Å². The van der Waals surface area contributed by atoms with Gasteiger partial charge in [0.1, 0.15) is 0 Å². The third-order valence-electron chi connectivity index (χ3n) is 3.53. The molecule has 0 unspecified atom stereocenters. The van der Waals surface area contributed by atoms with Gasteiger partial charge in [-0.25, -0.2) is 9.50 Å². The molecule has 3 heterocycles. The van der Waals surface area contributed by atoms with Crippen molar-refractivity contribution in [1.29, 1.82) is 0 Å². The van der Waals surface area contributed by atoms with Crippen LogP contribution in [0.5, 0.6) is 0 Å². The monoisotopic (exact) mass is 291 g/mol. The Bertz CT molecular complexity index is 893. The summed E-state index contributed by atoms with van der Waals surface area (Å²) in [7, 11) is 0. The van der Waals surface area contributed by atoms with E-state index in [0.29, 0.717) is 0 Å². The Balaban J connectivity index is 2.03. The summed E-state index contributed by atoms with van der Waals surface area (Å²) in [4.78, 5) is 5.75.